The maximum Gasteiger partial charge on any atom is 0.324 e. The number of carboxylic acids is 1. The highest BCUT2D eigenvalue weighted by Crippen LogP contribution is 2.23. The minimum absolute atomic E-state index is 0.514. The highest BCUT2D eigenvalue weighted by Gasteiger charge is 2.32. The van der Waals surface area contributed by atoms with Crippen molar-refractivity contribution < 1.29 is 14.7 Å². The van der Waals surface area contributed by atoms with Crippen LogP contribution in [0.3, 0.4) is 0 Å². The Morgan fingerprint density at radius 2 is 2.25 bits per heavy atom. The molecule has 1 heterocycles. The molecule has 2 rings (SSSR count). The molecular formula is C12H15NO3. The van der Waals surface area contributed by atoms with Crippen LogP contribution >= 0.6 is 0 Å². The van der Waals surface area contributed by atoms with Gasteiger partial charge < -0.3 is 9.94 Å². The number of benzene rings is 1. The van der Waals surface area contributed by atoms with Gasteiger partial charge in [-0.15, -0.1) is 5.06 Å². The highest BCUT2D eigenvalue weighted by molar-refractivity contribution is 5.73. The van der Waals surface area contributed by atoms with E-state index in [1.54, 1.807) is 5.06 Å². The molecule has 1 aromatic carbocycles. The molecule has 4 nitrogen and oxygen atoms in total. The first kappa shape index (κ1) is 11.0. The molecule has 1 aliphatic heterocycles. The molecule has 1 aromatic rings. The SMILES string of the molecule is Cc1ccccc1ON1CCC[C@H]1C(=O)O. The van der Waals surface area contributed by atoms with Gasteiger partial charge in [0.05, 0.1) is 0 Å². The molecule has 86 valence electrons. The fraction of sp³-hybridized carbons (Fsp3) is 0.417. The van der Waals surface area contributed by atoms with Crippen molar-refractivity contribution in [1.29, 1.82) is 0 Å². The monoisotopic (exact) mass is 221 g/mol. The van der Waals surface area contributed by atoms with Crippen molar-refractivity contribution in [2.45, 2.75) is 25.8 Å². The van der Waals surface area contributed by atoms with Gasteiger partial charge in [0.1, 0.15) is 11.8 Å². The molecule has 0 aliphatic carbocycles. The third kappa shape index (κ3) is 2.17. The first-order valence-corrected chi connectivity index (χ1v) is 5.41. The molecule has 0 unspecified atom stereocenters. The van der Waals surface area contributed by atoms with Crippen LogP contribution in [-0.2, 0) is 4.79 Å². The van der Waals surface area contributed by atoms with Gasteiger partial charge in [0.2, 0.25) is 0 Å². The second-order valence-corrected chi connectivity index (χ2v) is 3.99. The summed E-state index contributed by atoms with van der Waals surface area (Å²) in [6, 6.07) is 7.10. The summed E-state index contributed by atoms with van der Waals surface area (Å²) < 4.78 is 0. The van der Waals surface area contributed by atoms with Crippen LogP contribution in [0.5, 0.6) is 5.75 Å². The molecule has 1 saturated heterocycles. The first-order valence-electron chi connectivity index (χ1n) is 5.41. The summed E-state index contributed by atoms with van der Waals surface area (Å²) in [5.41, 5.74) is 1.01. The Bertz CT molecular complexity index is 392. The Labute approximate surface area is 94.4 Å². The summed E-state index contributed by atoms with van der Waals surface area (Å²) in [6.07, 6.45) is 1.52. The molecule has 16 heavy (non-hydrogen) atoms. The zero-order chi connectivity index (χ0) is 11.5. The number of nitrogens with zero attached hydrogens (tertiary/aromatic N) is 1. The van der Waals surface area contributed by atoms with Gasteiger partial charge >= 0.3 is 5.97 Å². The Balaban J connectivity index is 2.10. The fourth-order valence-corrected chi connectivity index (χ4v) is 1.88. The quantitative estimate of drug-likeness (QED) is 0.846. The lowest BCUT2D eigenvalue weighted by Crippen LogP contribution is -2.38. The minimum atomic E-state index is -0.814. The lowest BCUT2D eigenvalue weighted by Gasteiger charge is -2.22. The molecule has 0 saturated carbocycles. The maximum absolute atomic E-state index is 11.0. The van der Waals surface area contributed by atoms with E-state index in [9.17, 15) is 4.79 Å². The van der Waals surface area contributed by atoms with Crippen LogP contribution in [0, 0.1) is 6.92 Å². The largest absolute Gasteiger partial charge is 0.480 e. The first-order chi connectivity index (χ1) is 7.68. The number of hydrogen-bond donors (Lipinski definition) is 1. The fourth-order valence-electron chi connectivity index (χ4n) is 1.88. The van der Waals surface area contributed by atoms with E-state index < -0.39 is 12.0 Å². The van der Waals surface area contributed by atoms with Crippen LogP contribution in [0.2, 0.25) is 0 Å². The number of hydrogen-bond acceptors (Lipinski definition) is 3. The molecule has 4 heteroatoms. The molecule has 1 N–H and O–H groups in total. The van der Waals surface area contributed by atoms with Crippen LogP contribution in [-0.4, -0.2) is 28.7 Å². The van der Waals surface area contributed by atoms with Gasteiger partial charge in [-0.05, 0) is 31.4 Å². The normalized spacial score (nSPS) is 20.9. The van der Waals surface area contributed by atoms with Crippen molar-refractivity contribution in [3.8, 4) is 5.75 Å². The molecule has 0 amide bonds. The lowest BCUT2D eigenvalue weighted by molar-refractivity contribution is -0.154. The van der Waals surface area contributed by atoms with Crippen molar-refractivity contribution >= 4 is 5.97 Å². The number of para-hydroxylation sites is 1. The van der Waals surface area contributed by atoms with Gasteiger partial charge in [0, 0.05) is 6.54 Å². The Morgan fingerprint density at radius 3 is 2.94 bits per heavy atom. The smallest absolute Gasteiger partial charge is 0.324 e. The van der Waals surface area contributed by atoms with Gasteiger partial charge in [-0.3, -0.25) is 4.79 Å². The maximum atomic E-state index is 11.0. The summed E-state index contributed by atoms with van der Waals surface area (Å²) >= 11 is 0. The average Bonchev–Trinajstić information content (AvgIpc) is 2.69. The number of carboxylic acid groups (broad SMARTS) is 1. The van der Waals surface area contributed by atoms with Crippen molar-refractivity contribution in [3.05, 3.63) is 29.8 Å². The van der Waals surface area contributed by atoms with E-state index in [4.69, 9.17) is 9.94 Å². The van der Waals surface area contributed by atoms with E-state index in [0.717, 1.165) is 17.7 Å². The van der Waals surface area contributed by atoms with Gasteiger partial charge in [0.15, 0.2) is 0 Å². The average molecular weight is 221 g/mol. The highest BCUT2D eigenvalue weighted by atomic mass is 16.7. The topological polar surface area (TPSA) is 49.8 Å². The standard InChI is InChI=1S/C12H15NO3/c1-9-5-2-3-7-11(9)16-13-8-4-6-10(13)12(14)15/h2-3,5,7,10H,4,6,8H2,1H3,(H,14,15)/t10-/m0/s1. The van der Waals surface area contributed by atoms with Crippen LogP contribution in [0.1, 0.15) is 18.4 Å². The van der Waals surface area contributed by atoms with Crippen LogP contribution < -0.4 is 4.84 Å². The summed E-state index contributed by atoms with van der Waals surface area (Å²) in [5, 5.41) is 10.6. The summed E-state index contributed by atoms with van der Waals surface area (Å²) in [4.78, 5) is 16.6. The van der Waals surface area contributed by atoms with E-state index in [2.05, 4.69) is 0 Å². The van der Waals surface area contributed by atoms with Gasteiger partial charge in [-0.2, -0.15) is 0 Å². The zero-order valence-corrected chi connectivity index (χ0v) is 9.22. The molecule has 0 spiro atoms. The zero-order valence-electron chi connectivity index (χ0n) is 9.22. The van der Waals surface area contributed by atoms with Gasteiger partial charge in [-0.25, -0.2) is 0 Å². The predicted molar refractivity (Wildman–Crippen MR) is 59.2 cm³/mol. The van der Waals surface area contributed by atoms with E-state index >= 15 is 0 Å². The number of aryl methyl sites for hydroxylation is 1. The van der Waals surface area contributed by atoms with E-state index in [-0.39, 0.29) is 0 Å². The Kier molecular flexibility index (Phi) is 3.10. The molecule has 1 atom stereocenters. The van der Waals surface area contributed by atoms with Crippen molar-refractivity contribution in [3.63, 3.8) is 0 Å². The van der Waals surface area contributed by atoms with E-state index in [1.807, 2.05) is 31.2 Å². The van der Waals surface area contributed by atoms with Crippen LogP contribution in [0.15, 0.2) is 24.3 Å². The molecular weight excluding hydrogens is 206 g/mol. The molecule has 1 fully saturated rings. The second kappa shape index (κ2) is 4.53. The van der Waals surface area contributed by atoms with Crippen LogP contribution in [0.25, 0.3) is 0 Å². The van der Waals surface area contributed by atoms with Gasteiger partial charge in [0.25, 0.3) is 0 Å². The summed E-state index contributed by atoms with van der Waals surface area (Å²) in [5.74, 6) is -0.0817. The van der Waals surface area contributed by atoms with Crippen LogP contribution in [0.4, 0.5) is 0 Å². The minimum Gasteiger partial charge on any atom is -0.480 e. The Morgan fingerprint density at radius 1 is 1.50 bits per heavy atom. The molecule has 1 aliphatic rings. The van der Waals surface area contributed by atoms with E-state index in [0.29, 0.717) is 13.0 Å². The van der Waals surface area contributed by atoms with Gasteiger partial charge in [-0.1, -0.05) is 18.2 Å². The van der Waals surface area contributed by atoms with Crippen molar-refractivity contribution in [1.82, 2.24) is 5.06 Å². The van der Waals surface area contributed by atoms with Crippen molar-refractivity contribution in [2.75, 3.05) is 6.54 Å². The number of carbonyl (C=O) groups is 1. The Hall–Kier alpha value is -1.55. The predicted octanol–water partition coefficient (Wildman–Crippen LogP) is 1.84. The van der Waals surface area contributed by atoms with Crippen molar-refractivity contribution in [2.24, 2.45) is 0 Å². The second-order valence-electron chi connectivity index (χ2n) is 3.99. The molecule has 0 aromatic heterocycles. The third-order valence-corrected chi connectivity index (χ3v) is 2.80. The summed E-state index contributed by atoms with van der Waals surface area (Å²) in [6.45, 7) is 2.62. The lowest BCUT2D eigenvalue weighted by atomic mass is 10.2. The number of hydroxylamine groups is 2. The molecule has 0 radical (unpaired) electrons. The number of rotatable bonds is 3. The number of aliphatic carboxylic acids is 1. The third-order valence-electron chi connectivity index (χ3n) is 2.80. The molecule has 0 bridgehead atoms. The van der Waals surface area contributed by atoms with E-state index in [1.165, 1.54) is 0 Å². The summed E-state index contributed by atoms with van der Waals surface area (Å²) in [7, 11) is 0.